The second-order valence-electron chi connectivity index (χ2n) is 31.2. The zero-order valence-corrected chi connectivity index (χ0v) is 66.9. The van der Waals surface area contributed by atoms with Crippen LogP contribution in [-0.4, -0.2) is 82.3 Å². The molecule has 2 unspecified atom stereocenters. The third-order valence-corrected chi connectivity index (χ3v) is 20.0. The van der Waals surface area contributed by atoms with Crippen molar-refractivity contribution in [3.05, 3.63) is 48.6 Å². The number of quaternary nitrogens is 1. The predicted molar refractivity (Wildman–Crippen MR) is 426 cm³/mol. The molecule has 0 amide bonds. The average molecular weight is 1390 g/mol. The summed E-state index contributed by atoms with van der Waals surface area (Å²) in [6.45, 7) is 4.81. The van der Waals surface area contributed by atoms with E-state index in [0.717, 1.165) is 51.4 Å². The number of aliphatic carboxylic acids is 1. The van der Waals surface area contributed by atoms with Gasteiger partial charge in [0.15, 0.2) is 12.4 Å². The molecular formula is C90H169NO8. The molecule has 0 spiro atoms. The summed E-state index contributed by atoms with van der Waals surface area (Å²) in [5.41, 5.74) is 0. The van der Waals surface area contributed by atoms with Crippen molar-refractivity contribution < 1.29 is 42.9 Å². The highest BCUT2D eigenvalue weighted by Crippen LogP contribution is 2.21. The Morgan fingerprint density at radius 1 is 0.303 bits per heavy atom. The lowest BCUT2D eigenvalue weighted by Gasteiger charge is -2.26. The van der Waals surface area contributed by atoms with E-state index in [4.69, 9.17) is 18.9 Å². The van der Waals surface area contributed by atoms with Crippen LogP contribution in [0.2, 0.25) is 0 Å². The first-order valence-corrected chi connectivity index (χ1v) is 43.8. The molecule has 0 aromatic rings. The van der Waals surface area contributed by atoms with Crippen LogP contribution in [0.4, 0.5) is 0 Å². The number of likely N-dealkylation sites (N-methyl/N-ethyl adjacent to an activating group) is 1. The maximum Gasteiger partial charge on any atom is 0.306 e. The number of rotatable bonds is 83. The van der Waals surface area contributed by atoms with Crippen LogP contribution in [0.15, 0.2) is 48.6 Å². The highest BCUT2D eigenvalue weighted by atomic mass is 16.7. The minimum Gasteiger partial charge on any atom is -0.545 e. The topological polar surface area (TPSA) is 111 Å². The molecule has 0 heterocycles. The lowest BCUT2D eigenvalue weighted by molar-refractivity contribution is -0.870. The van der Waals surface area contributed by atoms with Gasteiger partial charge in [-0.25, -0.2) is 0 Å². The quantitative estimate of drug-likeness (QED) is 0.0195. The van der Waals surface area contributed by atoms with Crippen molar-refractivity contribution in [1.29, 1.82) is 0 Å². The number of carboxylic acids is 1. The average Bonchev–Trinajstić information content (AvgIpc) is 2.62. The summed E-state index contributed by atoms with van der Waals surface area (Å²) in [6, 6.07) is 0. The molecule has 0 aliphatic heterocycles. The van der Waals surface area contributed by atoms with Gasteiger partial charge in [0.2, 0.25) is 0 Å². The molecule has 0 aromatic carbocycles. The minimum atomic E-state index is -1.62. The van der Waals surface area contributed by atoms with E-state index in [2.05, 4.69) is 62.5 Å². The smallest absolute Gasteiger partial charge is 0.306 e. The van der Waals surface area contributed by atoms with Crippen molar-refractivity contribution in [3.8, 4) is 0 Å². The molecular weight excluding hydrogens is 1220 g/mol. The van der Waals surface area contributed by atoms with Gasteiger partial charge in [-0.05, 0) is 77.0 Å². The number of ether oxygens (including phenoxy) is 4. The zero-order chi connectivity index (χ0) is 71.8. The van der Waals surface area contributed by atoms with E-state index in [1.165, 1.54) is 372 Å². The van der Waals surface area contributed by atoms with E-state index in [0.29, 0.717) is 17.4 Å². The van der Waals surface area contributed by atoms with Gasteiger partial charge in [-0.3, -0.25) is 9.59 Å². The van der Waals surface area contributed by atoms with Crippen molar-refractivity contribution in [1.82, 2.24) is 0 Å². The SMILES string of the molecule is CCCCCCC/C=C\C/C=C\CCCCCCCCCCCCCCCCCCCCCCCCCCCCCCCC(=O)OC(COC(=O)CCCCCCCCCCCCCCCCCCCCCCC/C=C\C/C=C\CCCCCCC)COC(OCC[N+](C)(C)C)C(=O)[O-]. The number of hydrogen-bond donors (Lipinski definition) is 0. The van der Waals surface area contributed by atoms with Gasteiger partial charge < -0.3 is 33.3 Å². The molecule has 0 saturated heterocycles. The van der Waals surface area contributed by atoms with Crippen LogP contribution in [-0.2, 0) is 33.3 Å². The van der Waals surface area contributed by atoms with Crippen molar-refractivity contribution in [3.63, 3.8) is 0 Å². The van der Waals surface area contributed by atoms with Gasteiger partial charge in [0, 0.05) is 12.8 Å². The van der Waals surface area contributed by atoms with Crippen LogP contribution < -0.4 is 5.11 Å². The number of nitrogens with zero attached hydrogens (tertiary/aromatic N) is 1. The lowest BCUT2D eigenvalue weighted by Crippen LogP contribution is -2.44. The monoisotopic (exact) mass is 1390 g/mol. The fourth-order valence-corrected chi connectivity index (χ4v) is 13.4. The zero-order valence-electron chi connectivity index (χ0n) is 66.9. The molecule has 0 radical (unpaired) electrons. The molecule has 2 atom stereocenters. The lowest BCUT2D eigenvalue weighted by atomic mass is 10.0. The number of hydrogen-bond acceptors (Lipinski definition) is 8. The molecule has 9 heteroatoms. The summed E-state index contributed by atoms with van der Waals surface area (Å²) in [7, 11) is 5.96. The molecule has 0 N–H and O–H groups in total. The van der Waals surface area contributed by atoms with E-state index < -0.39 is 24.3 Å². The molecule has 0 aromatic heterocycles. The minimum absolute atomic E-state index is 0.151. The van der Waals surface area contributed by atoms with Crippen LogP contribution in [0.3, 0.4) is 0 Å². The largest absolute Gasteiger partial charge is 0.545 e. The number of carboxylic acid groups (broad SMARTS) is 1. The summed E-state index contributed by atoms with van der Waals surface area (Å²) in [5, 5.41) is 11.9. The third-order valence-electron chi connectivity index (χ3n) is 20.0. The van der Waals surface area contributed by atoms with Gasteiger partial charge in [-0.15, -0.1) is 0 Å². The summed E-state index contributed by atoms with van der Waals surface area (Å²) < 4.78 is 22.9. The number of unbranched alkanes of at least 4 members (excludes halogenated alkanes) is 60. The Hall–Kier alpha value is -2.75. The first kappa shape index (κ1) is 96.2. The Kier molecular flexibility index (Phi) is 78.7. The van der Waals surface area contributed by atoms with Gasteiger partial charge in [0.05, 0.1) is 40.3 Å². The number of carbonyl (C=O) groups is 3. The van der Waals surface area contributed by atoms with Gasteiger partial charge in [-0.2, -0.15) is 0 Å². The fourth-order valence-electron chi connectivity index (χ4n) is 13.4. The molecule has 0 aliphatic rings. The normalized spacial score (nSPS) is 12.8. The Bertz CT molecular complexity index is 1770. The Labute approximate surface area is 616 Å². The van der Waals surface area contributed by atoms with Crippen LogP contribution in [0.1, 0.15) is 450 Å². The summed E-state index contributed by atoms with van der Waals surface area (Å²) in [6.07, 6.45) is 104. The molecule has 582 valence electrons. The summed E-state index contributed by atoms with van der Waals surface area (Å²) in [4.78, 5) is 37.7. The van der Waals surface area contributed by atoms with E-state index >= 15 is 0 Å². The molecule has 99 heavy (non-hydrogen) atoms. The van der Waals surface area contributed by atoms with Gasteiger partial charge >= 0.3 is 11.9 Å². The van der Waals surface area contributed by atoms with Crippen LogP contribution in [0, 0.1) is 0 Å². The predicted octanol–water partition coefficient (Wildman–Crippen LogP) is 27.0. The van der Waals surface area contributed by atoms with Crippen molar-refractivity contribution in [2.45, 2.75) is 463 Å². The Morgan fingerprint density at radius 3 is 0.798 bits per heavy atom. The Morgan fingerprint density at radius 2 is 0.545 bits per heavy atom. The van der Waals surface area contributed by atoms with Gasteiger partial charge in [0.1, 0.15) is 13.2 Å². The summed E-state index contributed by atoms with van der Waals surface area (Å²) in [5.74, 6) is -2.25. The van der Waals surface area contributed by atoms with E-state index in [-0.39, 0.29) is 32.2 Å². The van der Waals surface area contributed by atoms with E-state index in [9.17, 15) is 19.5 Å². The van der Waals surface area contributed by atoms with Crippen LogP contribution >= 0.6 is 0 Å². The number of esters is 2. The number of carbonyl (C=O) groups excluding carboxylic acids is 3. The van der Waals surface area contributed by atoms with Crippen molar-refractivity contribution in [2.24, 2.45) is 0 Å². The fraction of sp³-hybridized carbons (Fsp3) is 0.878. The molecule has 0 aliphatic carbocycles. The molecule has 0 rings (SSSR count). The molecule has 0 fully saturated rings. The summed E-state index contributed by atoms with van der Waals surface area (Å²) >= 11 is 0. The Balaban J connectivity index is 3.90. The first-order chi connectivity index (χ1) is 48.6. The molecule has 0 bridgehead atoms. The highest BCUT2D eigenvalue weighted by molar-refractivity contribution is 5.70. The molecule has 9 nitrogen and oxygen atoms in total. The highest BCUT2D eigenvalue weighted by Gasteiger charge is 2.22. The standard InChI is InChI=1S/C90H169NO8/c1-6-8-10-12-14-16-18-20-22-24-26-28-30-32-34-36-38-40-41-42-43-44-45-46-47-49-51-53-55-57-59-61-63-65-67-69-71-73-75-77-79-81-88(93)99-86(85-98-90(89(94)95)96-83-82-91(3,4)5)84-97-87(92)80-78-76-74-72-70-68-66-64-62-60-58-56-54-52-50-48-39-37-35-33-31-29-27-25-23-21-19-17-15-13-11-9-7-2/h18-21,24-27,86,90H,6-17,22-23,28-85H2,1-5H3/b20-18-,21-19-,26-24-,27-25-. The van der Waals surface area contributed by atoms with Crippen molar-refractivity contribution >= 4 is 17.9 Å². The maximum absolute atomic E-state index is 13.0. The second kappa shape index (κ2) is 80.9. The second-order valence-corrected chi connectivity index (χ2v) is 31.2. The van der Waals surface area contributed by atoms with Crippen LogP contribution in [0.5, 0.6) is 0 Å². The third kappa shape index (κ3) is 82.4. The maximum atomic E-state index is 13.0. The van der Waals surface area contributed by atoms with Gasteiger partial charge in [0.25, 0.3) is 0 Å². The van der Waals surface area contributed by atoms with Crippen LogP contribution in [0.25, 0.3) is 0 Å². The number of allylic oxidation sites excluding steroid dienone is 8. The van der Waals surface area contributed by atoms with E-state index in [1.54, 1.807) is 0 Å². The van der Waals surface area contributed by atoms with Crippen molar-refractivity contribution in [2.75, 3.05) is 47.5 Å². The first-order valence-electron chi connectivity index (χ1n) is 43.8. The van der Waals surface area contributed by atoms with Gasteiger partial charge in [-0.1, -0.05) is 409 Å². The molecule has 0 saturated carbocycles. The van der Waals surface area contributed by atoms with E-state index in [1.807, 2.05) is 21.1 Å².